The van der Waals surface area contributed by atoms with Crippen LogP contribution in [-0.2, 0) is 0 Å². The molecule has 0 fully saturated rings. The van der Waals surface area contributed by atoms with E-state index in [0.717, 1.165) is 50.1 Å². The molecule has 0 unspecified atom stereocenters. The van der Waals surface area contributed by atoms with Gasteiger partial charge in [-0.3, -0.25) is 0 Å². The predicted octanol–water partition coefficient (Wildman–Crippen LogP) is 15.5. The standard InChI is InChI=1S/C54H35NO/c1-3-16-37(17-4-1)53-48-24-10-9-22-44(48)45-31-28-40(34-49(45)54(53)38-18-5-2-6-19-38)43-21-11-13-25-50(43)55(41-29-27-36-15-7-8-20-39(36)33-41)42-30-32-47-46-23-12-14-26-51(46)56-52(47)35-42/h1-35H. The molecule has 0 aliphatic heterocycles. The second kappa shape index (κ2) is 13.2. The second-order valence-electron chi connectivity index (χ2n) is 14.5. The summed E-state index contributed by atoms with van der Waals surface area (Å²) in [7, 11) is 0. The highest BCUT2D eigenvalue weighted by Crippen LogP contribution is 2.48. The van der Waals surface area contributed by atoms with Crippen LogP contribution in [-0.4, -0.2) is 0 Å². The molecule has 262 valence electrons. The van der Waals surface area contributed by atoms with Crippen molar-refractivity contribution in [3.05, 3.63) is 212 Å². The van der Waals surface area contributed by atoms with Gasteiger partial charge in [-0.05, 0) is 103 Å². The van der Waals surface area contributed by atoms with E-state index in [1.54, 1.807) is 0 Å². The van der Waals surface area contributed by atoms with Crippen molar-refractivity contribution in [2.45, 2.75) is 0 Å². The Hall–Kier alpha value is -7.42. The normalized spacial score (nSPS) is 11.6. The Balaban J connectivity index is 1.18. The van der Waals surface area contributed by atoms with Crippen LogP contribution in [0.3, 0.4) is 0 Å². The highest BCUT2D eigenvalue weighted by atomic mass is 16.3. The first-order valence-electron chi connectivity index (χ1n) is 19.2. The summed E-state index contributed by atoms with van der Waals surface area (Å²) in [6.45, 7) is 0. The lowest BCUT2D eigenvalue weighted by molar-refractivity contribution is 0.669. The molecule has 0 N–H and O–H groups in total. The second-order valence-corrected chi connectivity index (χ2v) is 14.5. The van der Waals surface area contributed by atoms with E-state index in [4.69, 9.17) is 4.42 Å². The third kappa shape index (κ3) is 5.26. The molecule has 0 saturated carbocycles. The molecule has 0 atom stereocenters. The van der Waals surface area contributed by atoms with Crippen molar-refractivity contribution in [3.8, 4) is 33.4 Å². The number of fused-ring (bicyclic) bond motifs is 7. The molecule has 0 aliphatic carbocycles. The molecule has 1 aromatic heterocycles. The summed E-state index contributed by atoms with van der Waals surface area (Å²) in [6.07, 6.45) is 0. The van der Waals surface area contributed by atoms with Crippen molar-refractivity contribution >= 4 is 71.3 Å². The quantitative estimate of drug-likeness (QED) is 0.160. The first-order chi connectivity index (χ1) is 27.8. The van der Waals surface area contributed by atoms with Gasteiger partial charge in [-0.2, -0.15) is 0 Å². The van der Waals surface area contributed by atoms with E-state index < -0.39 is 0 Å². The number of benzene rings is 10. The van der Waals surface area contributed by atoms with E-state index in [9.17, 15) is 0 Å². The van der Waals surface area contributed by atoms with E-state index in [2.05, 4.69) is 205 Å². The molecule has 0 saturated heterocycles. The molecule has 0 aliphatic rings. The third-order valence-corrected chi connectivity index (χ3v) is 11.2. The van der Waals surface area contributed by atoms with E-state index in [0.29, 0.717) is 0 Å². The Kier molecular flexibility index (Phi) is 7.53. The van der Waals surface area contributed by atoms with Crippen LogP contribution in [0, 0.1) is 0 Å². The SMILES string of the molecule is c1ccc(-c2c(-c3ccccc3)c3cc(-c4ccccc4N(c4ccc5ccccc5c4)c4ccc5c(c4)oc4ccccc45)ccc3c3ccccc23)cc1. The highest BCUT2D eigenvalue weighted by molar-refractivity contribution is 6.22. The molecular formula is C54H35NO. The van der Waals surface area contributed by atoms with Crippen molar-refractivity contribution in [2.75, 3.05) is 4.90 Å². The van der Waals surface area contributed by atoms with Gasteiger partial charge in [0.15, 0.2) is 0 Å². The molecule has 0 amide bonds. The maximum atomic E-state index is 6.46. The van der Waals surface area contributed by atoms with Crippen molar-refractivity contribution < 1.29 is 4.42 Å². The van der Waals surface area contributed by atoms with Gasteiger partial charge in [-0.1, -0.05) is 164 Å². The monoisotopic (exact) mass is 713 g/mol. The van der Waals surface area contributed by atoms with Gasteiger partial charge in [-0.25, -0.2) is 0 Å². The van der Waals surface area contributed by atoms with Gasteiger partial charge in [0.05, 0.1) is 5.69 Å². The van der Waals surface area contributed by atoms with E-state index in [-0.39, 0.29) is 0 Å². The molecule has 0 radical (unpaired) electrons. The molecular weight excluding hydrogens is 679 g/mol. The molecule has 11 aromatic rings. The summed E-state index contributed by atoms with van der Waals surface area (Å²) in [6, 6.07) is 76.6. The lowest BCUT2D eigenvalue weighted by Gasteiger charge is -2.28. The van der Waals surface area contributed by atoms with Gasteiger partial charge < -0.3 is 9.32 Å². The number of para-hydroxylation sites is 2. The van der Waals surface area contributed by atoms with Crippen LogP contribution >= 0.6 is 0 Å². The van der Waals surface area contributed by atoms with Crippen LogP contribution in [0.1, 0.15) is 0 Å². The summed E-state index contributed by atoms with van der Waals surface area (Å²) in [4.78, 5) is 2.38. The predicted molar refractivity (Wildman–Crippen MR) is 237 cm³/mol. The van der Waals surface area contributed by atoms with Crippen molar-refractivity contribution in [3.63, 3.8) is 0 Å². The fourth-order valence-corrected chi connectivity index (χ4v) is 8.68. The Morgan fingerprint density at radius 3 is 1.66 bits per heavy atom. The molecule has 2 nitrogen and oxygen atoms in total. The number of nitrogens with zero attached hydrogens (tertiary/aromatic N) is 1. The molecule has 1 heterocycles. The van der Waals surface area contributed by atoms with E-state index in [1.165, 1.54) is 54.6 Å². The van der Waals surface area contributed by atoms with E-state index in [1.807, 2.05) is 12.1 Å². The maximum Gasteiger partial charge on any atom is 0.137 e. The summed E-state index contributed by atoms with van der Waals surface area (Å²) in [5.74, 6) is 0. The number of furan rings is 1. The van der Waals surface area contributed by atoms with Gasteiger partial charge in [0, 0.05) is 33.8 Å². The number of hydrogen-bond acceptors (Lipinski definition) is 2. The van der Waals surface area contributed by atoms with Crippen molar-refractivity contribution in [1.82, 2.24) is 0 Å². The molecule has 56 heavy (non-hydrogen) atoms. The van der Waals surface area contributed by atoms with Crippen molar-refractivity contribution in [1.29, 1.82) is 0 Å². The smallest absolute Gasteiger partial charge is 0.137 e. The van der Waals surface area contributed by atoms with Crippen LogP contribution in [0.25, 0.3) is 87.6 Å². The van der Waals surface area contributed by atoms with Gasteiger partial charge in [0.2, 0.25) is 0 Å². The molecule has 0 spiro atoms. The van der Waals surface area contributed by atoms with Crippen LogP contribution in [0.5, 0.6) is 0 Å². The zero-order valence-corrected chi connectivity index (χ0v) is 30.6. The average Bonchev–Trinajstić information content (AvgIpc) is 3.64. The summed E-state index contributed by atoms with van der Waals surface area (Å²) in [5, 5.41) is 9.60. The summed E-state index contributed by atoms with van der Waals surface area (Å²) < 4.78 is 6.46. The van der Waals surface area contributed by atoms with Gasteiger partial charge in [-0.15, -0.1) is 0 Å². The average molecular weight is 714 g/mol. The van der Waals surface area contributed by atoms with Crippen molar-refractivity contribution in [2.24, 2.45) is 0 Å². The van der Waals surface area contributed by atoms with Gasteiger partial charge in [0.25, 0.3) is 0 Å². The van der Waals surface area contributed by atoms with E-state index >= 15 is 0 Å². The Morgan fingerprint density at radius 1 is 0.304 bits per heavy atom. The van der Waals surface area contributed by atoms with Crippen LogP contribution in [0.15, 0.2) is 217 Å². The minimum absolute atomic E-state index is 0.866. The molecule has 2 heteroatoms. The number of hydrogen-bond donors (Lipinski definition) is 0. The number of rotatable bonds is 6. The minimum atomic E-state index is 0.866. The molecule has 11 rings (SSSR count). The highest BCUT2D eigenvalue weighted by Gasteiger charge is 2.22. The first kappa shape index (κ1) is 32.0. The Bertz CT molecular complexity index is 3250. The topological polar surface area (TPSA) is 16.4 Å². The lowest BCUT2D eigenvalue weighted by Crippen LogP contribution is -2.11. The fourth-order valence-electron chi connectivity index (χ4n) is 8.68. The molecule has 10 aromatic carbocycles. The largest absolute Gasteiger partial charge is 0.456 e. The Labute approximate surface area is 325 Å². The third-order valence-electron chi connectivity index (χ3n) is 11.2. The Morgan fingerprint density at radius 2 is 0.857 bits per heavy atom. The minimum Gasteiger partial charge on any atom is -0.456 e. The molecule has 0 bridgehead atoms. The maximum absolute atomic E-state index is 6.46. The number of anilines is 3. The zero-order valence-electron chi connectivity index (χ0n) is 30.6. The van der Waals surface area contributed by atoms with Crippen LogP contribution in [0.2, 0.25) is 0 Å². The van der Waals surface area contributed by atoms with Crippen LogP contribution in [0.4, 0.5) is 17.1 Å². The zero-order chi connectivity index (χ0) is 37.0. The summed E-state index contributed by atoms with van der Waals surface area (Å²) in [5.41, 5.74) is 12.1. The lowest BCUT2D eigenvalue weighted by atomic mass is 9.84. The first-order valence-corrected chi connectivity index (χ1v) is 19.2. The van der Waals surface area contributed by atoms with Crippen LogP contribution < -0.4 is 4.90 Å². The van der Waals surface area contributed by atoms with Gasteiger partial charge >= 0.3 is 0 Å². The van der Waals surface area contributed by atoms with Gasteiger partial charge in [0.1, 0.15) is 11.2 Å². The fraction of sp³-hybridized carbons (Fsp3) is 0. The summed E-state index contributed by atoms with van der Waals surface area (Å²) >= 11 is 0.